The highest BCUT2D eigenvalue weighted by Crippen LogP contribution is 2.10. The topological polar surface area (TPSA) is 38.3 Å². The fourth-order valence-corrected chi connectivity index (χ4v) is 1.29. The van der Waals surface area contributed by atoms with Gasteiger partial charge in [0.05, 0.1) is 17.7 Å². The van der Waals surface area contributed by atoms with Gasteiger partial charge in [0.1, 0.15) is 5.82 Å². The van der Waals surface area contributed by atoms with Crippen LogP contribution in [-0.2, 0) is 11.3 Å². The van der Waals surface area contributed by atoms with Crippen molar-refractivity contribution in [1.82, 2.24) is 5.32 Å². The van der Waals surface area contributed by atoms with Crippen molar-refractivity contribution in [2.24, 2.45) is 0 Å². The Balaban J connectivity index is 2.89. The van der Waals surface area contributed by atoms with E-state index in [0.717, 1.165) is 6.07 Å². The normalized spacial score (nSPS) is 9.69. The van der Waals surface area contributed by atoms with E-state index in [9.17, 15) is 9.18 Å². The molecule has 16 heavy (non-hydrogen) atoms. The molecule has 0 spiro atoms. The first-order chi connectivity index (χ1) is 7.52. The Morgan fingerprint density at radius 1 is 1.50 bits per heavy atom. The number of thiocarbonyl (C=S) groups is 1. The quantitative estimate of drug-likeness (QED) is 0.649. The van der Waals surface area contributed by atoms with Crippen LogP contribution in [0.25, 0.3) is 0 Å². The fourth-order valence-electron chi connectivity index (χ4n) is 1.21. The van der Waals surface area contributed by atoms with E-state index in [1.807, 2.05) is 0 Å². The third-order valence-electron chi connectivity index (χ3n) is 1.92. The van der Waals surface area contributed by atoms with E-state index in [4.69, 9.17) is 12.2 Å². The molecule has 0 amide bonds. The van der Waals surface area contributed by atoms with Gasteiger partial charge in [0.2, 0.25) is 0 Å². The maximum absolute atomic E-state index is 13.2. The summed E-state index contributed by atoms with van der Waals surface area (Å²) in [6.45, 7) is 2.12. The number of methoxy groups -OCH3 is 1. The fraction of sp³-hybridized carbons (Fsp3) is 0.273. The minimum atomic E-state index is -0.556. The van der Waals surface area contributed by atoms with Crippen LogP contribution in [0.1, 0.15) is 22.8 Å². The van der Waals surface area contributed by atoms with Gasteiger partial charge in [-0.2, -0.15) is 0 Å². The van der Waals surface area contributed by atoms with Gasteiger partial charge in [-0.25, -0.2) is 9.18 Å². The van der Waals surface area contributed by atoms with Crippen molar-refractivity contribution in [3.8, 4) is 0 Å². The highest BCUT2D eigenvalue weighted by molar-refractivity contribution is 7.80. The predicted molar refractivity (Wildman–Crippen MR) is 62.9 cm³/mol. The maximum Gasteiger partial charge on any atom is 0.337 e. The molecule has 1 rings (SSSR count). The molecular formula is C11H12FNO2S. The minimum Gasteiger partial charge on any atom is -0.465 e. The molecule has 0 aliphatic heterocycles. The van der Waals surface area contributed by atoms with E-state index in [1.54, 1.807) is 13.0 Å². The standard InChI is InChI=1S/C11H12FNO2S/c1-7(16)13-6-8-3-9(11(14)15-2)5-10(12)4-8/h3-5H,6H2,1-2H3,(H,13,16). The highest BCUT2D eigenvalue weighted by atomic mass is 32.1. The molecule has 0 fully saturated rings. The van der Waals surface area contributed by atoms with Gasteiger partial charge in [0.15, 0.2) is 0 Å². The highest BCUT2D eigenvalue weighted by Gasteiger charge is 2.08. The number of benzene rings is 1. The molecule has 0 heterocycles. The summed E-state index contributed by atoms with van der Waals surface area (Å²) in [5.74, 6) is -1.03. The van der Waals surface area contributed by atoms with Crippen LogP contribution in [-0.4, -0.2) is 18.1 Å². The van der Waals surface area contributed by atoms with Gasteiger partial charge in [-0.1, -0.05) is 12.2 Å². The van der Waals surface area contributed by atoms with Gasteiger partial charge < -0.3 is 10.1 Å². The lowest BCUT2D eigenvalue weighted by Crippen LogP contribution is -2.17. The average Bonchev–Trinajstić information content (AvgIpc) is 2.24. The zero-order valence-corrected chi connectivity index (χ0v) is 9.86. The lowest BCUT2D eigenvalue weighted by Gasteiger charge is -2.06. The van der Waals surface area contributed by atoms with E-state index in [1.165, 1.54) is 13.2 Å². The van der Waals surface area contributed by atoms with Gasteiger partial charge in [-0.15, -0.1) is 0 Å². The smallest absolute Gasteiger partial charge is 0.337 e. The van der Waals surface area contributed by atoms with Crippen LogP contribution in [0.2, 0.25) is 0 Å². The Labute approximate surface area is 98.6 Å². The van der Waals surface area contributed by atoms with E-state index >= 15 is 0 Å². The second-order valence-corrected chi connectivity index (χ2v) is 3.86. The molecular weight excluding hydrogens is 229 g/mol. The number of nitrogens with one attached hydrogen (secondary N) is 1. The molecule has 0 saturated heterocycles. The molecule has 0 saturated carbocycles. The number of esters is 1. The summed E-state index contributed by atoms with van der Waals surface area (Å²) in [7, 11) is 1.26. The summed E-state index contributed by atoms with van der Waals surface area (Å²) < 4.78 is 17.7. The van der Waals surface area contributed by atoms with Gasteiger partial charge in [0.25, 0.3) is 0 Å². The van der Waals surface area contributed by atoms with E-state index in [2.05, 4.69) is 10.1 Å². The third-order valence-corrected chi connectivity index (χ3v) is 2.06. The third kappa shape index (κ3) is 3.58. The molecule has 0 aliphatic carbocycles. The largest absolute Gasteiger partial charge is 0.465 e. The number of hydrogen-bond acceptors (Lipinski definition) is 3. The molecule has 1 aromatic carbocycles. The number of hydrogen-bond donors (Lipinski definition) is 1. The van der Waals surface area contributed by atoms with Crippen LogP contribution < -0.4 is 5.32 Å². The summed E-state index contributed by atoms with van der Waals surface area (Å²) in [6, 6.07) is 4.05. The minimum absolute atomic E-state index is 0.196. The van der Waals surface area contributed by atoms with Gasteiger partial charge in [0, 0.05) is 6.54 Å². The maximum atomic E-state index is 13.2. The Hall–Kier alpha value is -1.49. The molecule has 0 bridgehead atoms. The first-order valence-corrected chi connectivity index (χ1v) is 5.06. The molecule has 0 unspecified atom stereocenters. The van der Waals surface area contributed by atoms with E-state index in [-0.39, 0.29) is 5.56 Å². The Kier molecular flexibility index (Phi) is 4.37. The zero-order valence-electron chi connectivity index (χ0n) is 9.04. The van der Waals surface area contributed by atoms with Crippen molar-refractivity contribution in [2.75, 3.05) is 7.11 Å². The summed E-state index contributed by atoms with van der Waals surface area (Å²) in [5, 5.41) is 2.89. The molecule has 0 atom stereocenters. The molecule has 0 radical (unpaired) electrons. The first kappa shape index (κ1) is 12.6. The van der Waals surface area contributed by atoms with Gasteiger partial charge in [-0.05, 0) is 30.7 Å². The van der Waals surface area contributed by atoms with Crippen LogP contribution in [0.5, 0.6) is 0 Å². The number of carbonyl (C=O) groups excluding carboxylic acids is 1. The number of halogens is 1. The Morgan fingerprint density at radius 3 is 2.75 bits per heavy atom. The summed E-state index contributed by atoms with van der Waals surface area (Å²) >= 11 is 4.84. The summed E-state index contributed by atoms with van der Waals surface area (Å²) in [5.41, 5.74) is 0.839. The molecule has 0 aliphatic rings. The molecule has 0 aromatic heterocycles. The van der Waals surface area contributed by atoms with Crippen molar-refractivity contribution < 1.29 is 13.9 Å². The monoisotopic (exact) mass is 241 g/mol. The molecule has 86 valence electrons. The van der Waals surface area contributed by atoms with Gasteiger partial charge in [-0.3, -0.25) is 0 Å². The Morgan fingerprint density at radius 2 is 2.19 bits per heavy atom. The number of carbonyl (C=O) groups is 1. The molecule has 1 N–H and O–H groups in total. The van der Waals surface area contributed by atoms with Crippen LogP contribution in [0.3, 0.4) is 0 Å². The van der Waals surface area contributed by atoms with Gasteiger partial charge >= 0.3 is 5.97 Å². The molecule has 1 aromatic rings. The predicted octanol–water partition coefficient (Wildman–Crippen LogP) is 2.05. The average molecular weight is 241 g/mol. The van der Waals surface area contributed by atoms with Crippen LogP contribution in [0, 0.1) is 5.82 Å². The van der Waals surface area contributed by atoms with Crippen molar-refractivity contribution in [2.45, 2.75) is 13.5 Å². The van der Waals surface area contributed by atoms with Crippen molar-refractivity contribution >= 4 is 23.2 Å². The first-order valence-electron chi connectivity index (χ1n) is 4.65. The van der Waals surface area contributed by atoms with E-state index in [0.29, 0.717) is 17.1 Å². The summed E-state index contributed by atoms with van der Waals surface area (Å²) in [4.78, 5) is 11.8. The summed E-state index contributed by atoms with van der Waals surface area (Å²) in [6.07, 6.45) is 0. The van der Waals surface area contributed by atoms with Crippen molar-refractivity contribution in [3.63, 3.8) is 0 Å². The Bertz CT molecular complexity index is 420. The number of rotatable bonds is 3. The second-order valence-electron chi connectivity index (χ2n) is 3.25. The molecule has 5 heteroatoms. The lowest BCUT2D eigenvalue weighted by atomic mass is 10.1. The van der Waals surface area contributed by atoms with Crippen LogP contribution in [0.4, 0.5) is 4.39 Å². The van der Waals surface area contributed by atoms with Crippen LogP contribution in [0.15, 0.2) is 18.2 Å². The SMILES string of the molecule is COC(=O)c1cc(F)cc(CNC(C)=S)c1. The van der Waals surface area contributed by atoms with E-state index < -0.39 is 11.8 Å². The number of ether oxygens (including phenoxy) is 1. The molecule has 3 nitrogen and oxygen atoms in total. The second kappa shape index (κ2) is 5.55. The zero-order chi connectivity index (χ0) is 12.1. The van der Waals surface area contributed by atoms with Crippen LogP contribution >= 0.6 is 12.2 Å². The lowest BCUT2D eigenvalue weighted by molar-refractivity contribution is 0.0600. The van der Waals surface area contributed by atoms with Crippen molar-refractivity contribution in [3.05, 3.63) is 35.1 Å². The van der Waals surface area contributed by atoms with Crippen molar-refractivity contribution in [1.29, 1.82) is 0 Å².